The minimum atomic E-state index is -4.80. The molecular weight excluding hydrogens is 299 g/mol. The highest BCUT2D eigenvalue weighted by Crippen LogP contribution is 2.18. The van der Waals surface area contributed by atoms with Crippen LogP contribution < -0.4 is 0 Å². The molecule has 17 heavy (non-hydrogen) atoms. The summed E-state index contributed by atoms with van der Waals surface area (Å²) in [4.78, 5) is 11.5. The van der Waals surface area contributed by atoms with E-state index in [1.165, 1.54) is 0 Å². The molecule has 0 aliphatic carbocycles. The summed E-state index contributed by atoms with van der Waals surface area (Å²) in [6.07, 6.45) is -4.41. The Bertz CT molecular complexity index is 406. The first-order valence-electron chi connectivity index (χ1n) is 4.87. The van der Waals surface area contributed by atoms with Gasteiger partial charge in [0, 0.05) is 18.1 Å². The molecule has 0 N–H and O–H groups in total. The molecule has 1 rings (SSSR count). The number of nitrogens with zero attached hydrogens (tertiary/aromatic N) is 1. The van der Waals surface area contributed by atoms with Gasteiger partial charge in [0.15, 0.2) is 0 Å². The highest BCUT2D eigenvalue weighted by Gasteiger charge is 2.40. The summed E-state index contributed by atoms with van der Waals surface area (Å²) in [5.74, 6) is -1.81. The Kier molecular flexibility index (Phi) is 4.56. The lowest BCUT2D eigenvalue weighted by Gasteiger charge is -2.18. The van der Waals surface area contributed by atoms with E-state index in [2.05, 4.69) is 15.9 Å². The smallest absolute Gasteiger partial charge is 0.338 e. The number of likely N-dealkylation sites (N-methyl/N-ethyl adjacent to an activating group) is 1. The maximum Gasteiger partial charge on any atom is 0.471 e. The van der Waals surface area contributed by atoms with E-state index in [0.717, 1.165) is 17.1 Å². The van der Waals surface area contributed by atoms with Gasteiger partial charge in [-0.2, -0.15) is 13.2 Å². The zero-order chi connectivity index (χ0) is 13.1. The molecule has 0 saturated carbocycles. The summed E-state index contributed by atoms with van der Waals surface area (Å²) in [5.41, 5.74) is 0.876. The standard InChI is InChI=1S/C11H11BrF3NO/c1-16(10(17)11(13,14)15)6-5-8-3-2-4-9(12)7-8/h2-4,7H,5-6H2,1H3. The number of hydrogen-bond acceptors (Lipinski definition) is 1. The van der Waals surface area contributed by atoms with Gasteiger partial charge in [-0.3, -0.25) is 4.79 Å². The van der Waals surface area contributed by atoms with E-state index >= 15 is 0 Å². The number of halogens is 4. The van der Waals surface area contributed by atoms with Gasteiger partial charge in [-0.15, -0.1) is 0 Å². The second kappa shape index (κ2) is 5.53. The van der Waals surface area contributed by atoms with Gasteiger partial charge in [0.25, 0.3) is 0 Å². The lowest BCUT2D eigenvalue weighted by Crippen LogP contribution is -2.39. The zero-order valence-electron chi connectivity index (χ0n) is 9.09. The highest BCUT2D eigenvalue weighted by atomic mass is 79.9. The fourth-order valence-electron chi connectivity index (χ4n) is 1.31. The number of hydrogen-bond donors (Lipinski definition) is 0. The average Bonchev–Trinajstić information content (AvgIpc) is 2.23. The normalized spacial score (nSPS) is 11.4. The fourth-order valence-corrected chi connectivity index (χ4v) is 1.75. The Morgan fingerprint density at radius 2 is 2.06 bits per heavy atom. The molecule has 0 radical (unpaired) electrons. The molecule has 0 unspecified atom stereocenters. The van der Waals surface area contributed by atoms with Crippen molar-refractivity contribution >= 4 is 21.8 Å². The van der Waals surface area contributed by atoms with Gasteiger partial charge in [-0.25, -0.2) is 0 Å². The topological polar surface area (TPSA) is 20.3 Å². The van der Waals surface area contributed by atoms with Gasteiger partial charge in [-0.05, 0) is 24.1 Å². The fraction of sp³-hybridized carbons (Fsp3) is 0.364. The third-order valence-electron chi connectivity index (χ3n) is 2.21. The van der Waals surface area contributed by atoms with E-state index in [-0.39, 0.29) is 6.54 Å². The van der Waals surface area contributed by atoms with Crippen LogP contribution >= 0.6 is 15.9 Å². The van der Waals surface area contributed by atoms with Crippen molar-refractivity contribution in [2.45, 2.75) is 12.6 Å². The van der Waals surface area contributed by atoms with Crippen LogP contribution in [0.2, 0.25) is 0 Å². The number of alkyl halides is 3. The predicted octanol–water partition coefficient (Wildman–Crippen LogP) is 3.01. The summed E-state index contributed by atoms with van der Waals surface area (Å²) in [7, 11) is 1.15. The average molecular weight is 310 g/mol. The first-order valence-corrected chi connectivity index (χ1v) is 5.67. The number of rotatable bonds is 3. The van der Waals surface area contributed by atoms with Crippen LogP contribution in [0, 0.1) is 0 Å². The van der Waals surface area contributed by atoms with Crippen LogP contribution in [0.4, 0.5) is 13.2 Å². The Morgan fingerprint density at radius 1 is 1.41 bits per heavy atom. The van der Waals surface area contributed by atoms with Crippen molar-refractivity contribution in [1.82, 2.24) is 4.90 Å². The Hall–Kier alpha value is -1.04. The third kappa shape index (κ3) is 4.38. The quantitative estimate of drug-likeness (QED) is 0.840. The van der Waals surface area contributed by atoms with Crippen molar-refractivity contribution in [3.8, 4) is 0 Å². The van der Waals surface area contributed by atoms with Crippen LogP contribution in [-0.2, 0) is 11.2 Å². The number of benzene rings is 1. The number of amides is 1. The number of carbonyl (C=O) groups excluding carboxylic acids is 1. The molecule has 1 aromatic rings. The molecular formula is C11H11BrF3NO. The molecule has 94 valence electrons. The van der Waals surface area contributed by atoms with Gasteiger partial charge >= 0.3 is 12.1 Å². The number of carbonyl (C=O) groups is 1. The van der Waals surface area contributed by atoms with E-state index in [0.29, 0.717) is 11.3 Å². The minimum Gasteiger partial charge on any atom is -0.338 e. The molecule has 0 aromatic heterocycles. The first kappa shape index (κ1) is 14.0. The van der Waals surface area contributed by atoms with Crippen molar-refractivity contribution < 1.29 is 18.0 Å². The Labute approximate surface area is 106 Å². The van der Waals surface area contributed by atoms with Crippen LogP contribution in [0.3, 0.4) is 0 Å². The molecule has 6 heteroatoms. The van der Waals surface area contributed by atoms with Crippen LogP contribution in [0.25, 0.3) is 0 Å². The third-order valence-corrected chi connectivity index (χ3v) is 2.71. The summed E-state index contributed by atoms with van der Waals surface area (Å²) < 4.78 is 37.1. The van der Waals surface area contributed by atoms with Crippen LogP contribution in [0.1, 0.15) is 5.56 Å². The van der Waals surface area contributed by atoms with Crippen LogP contribution in [0.15, 0.2) is 28.7 Å². The van der Waals surface area contributed by atoms with Crippen molar-refractivity contribution in [3.05, 3.63) is 34.3 Å². The van der Waals surface area contributed by atoms with Crippen molar-refractivity contribution in [2.75, 3.05) is 13.6 Å². The van der Waals surface area contributed by atoms with Gasteiger partial charge in [-0.1, -0.05) is 28.1 Å². The maximum absolute atomic E-state index is 12.1. The molecule has 0 heterocycles. The van der Waals surface area contributed by atoms with Crippen molar-refractivity contribution in [1.29, 1.82) is 0 Å². The van der Waals surface area contributed by atoms with E-state index < -0.39 is 12.1 Å². The molecule has 2 nitrogen and oxygen atoms in total. The lowest BCUT2D eigenvalue weighted by molar-refractivity contribution is -0.184. The van der Waals surface area contributed by atoms with Gasteiger partial charge in [0.05, 0.1) is 0 Å². The summed E-state index contributed by atoms with van der Waals surface area (Å²) in [5, 5.41) is 0. The minimum absolute atomic E-state index is 0.0365. The van der Waals surface area contributed by atoms with E-state index in [9.17, 15) is 18.0 Å². The van der Waals surface area contributed by atoms with Gasteiger partial charge < -0.3 is 4.90 Å². The van der Waals surface area contributed by atoms with Gasteiger partial charge in [0.2, 0.25) is 0 Å². The molecule has 1 amide bonds. The largest absolute Gasteiger partial charge is 0.471 e. The highest BCUT2D eigenvalue weighted by molar-refractivity contribution is 9.10. The molecule has 0 atom stereocenters. The van der Waals surface area contributed by atoms with E-state index in [4.69, 9.17) is 0 Å². The second-order valence-corrected chi connectivity index (χ2v) is 4.52. The summed E-state index contributed by atoms with van der Waals surface area (Å²) in [6.45, 7) is 0.0365. The van der Waals surface area contributed by atoms with Crippen LogP contribution in [-0.4, -0.2) is 30.6 Å². The predicted molar refractivity (Wildman–Crippen MR) is 61.5 cm³/mol. The summed E-state index contributed by atoms with van der Waals surface area (Å²) in [6, 6.07) is 7.24. The van der Waals surface area contributed by atoms with Crippen LogP contribution in [0.5, 0.6) is 0 Å². The summed E-state index contributed by atoms with van der Waals surface area (Å²) >= 11 is 3.27. The van der Waals surface area contributed by atoms with E-state index in [1.807, 2.05) is 12.1 Å². The molecule has 0 spiro atoms. The van der Waals surface area contributed by atoms with E-state index in [1.54, 1.807) is 12.1 Å². The monoisotopic (exact) mass is 309 g/mol. The zero-order valence-corrected chi connectivity index (χ0v) is 10.7. The molecule has 1 aromatic carbocycles. The molecule has 0 fully saturated rings. The maximum atomic E-state index is 12.1. The Morgan fingerprint density at radius 3 is 2.59 bits per heavy atom. The molecule has 0 aliphatic heterocycles. The van der Waals surface area contributed by atoms with Crippen molar-refractivity contribution in [2.24, 2.45) is 0 Å². The molecule has 0 bridgehead atoms. The Balaban J connectivity index is 2.54. The SMILES string of the molecule is CN(CCc1cccc(Br)c1)C(=O)C(F)(F)F. The first-order chi connectivity index (χ1) is 7.80. The second-order valence-electron chi connectivity index (χ2n) is 3.60. The lowest BCUT2D eigenvalue weighted by atomic mass is 10.1. The van der Waals surface area contributed by atoms with Crippen molar-refractivity contribution in [3.63, 3.8) is 0 Å². The molecule has 0 saturated heterocycles. The molecule has 0 aliphatic rings. The van der Waals surface area contributed by atoms with Gasteiger partial charge in [0.1, 0.15) is 0 Å².